The number of nitrogens with zero attached hydrogens (tertiary/aromatic N) is 2. The van der Waals surface area contributed by atoms with Gasteiger partial charge in [-0.05, 0) is 48.2 Å². The summed E-state index contributed by atoms with van der Waals surface area (Å²) in [6.07, 6.45) is 2.47. The molecule has 1 N–H and O–H groups in total. The van der Waals surface area contributed by atoms with Crippen LogP contribution in [0.5, 0.6) is 17.2 Å². The molecule has 1 atom stereocenters. The minimum Gasteiger partial charge on any atom is -0.507 e. The van der Waals surface area contributed by atoms with Gasteiger partial charge >= 0.3 is 5.91 Å². The number of carbonyl (C=O) groups excluding carboxylic acids is 2. The number of aromatic nitrogens is 1. The lowest BCUT2D eigenvalue weighted by atomic mass is 9.95. The minimum atomic E-state index is -0.877. The third-order valence-corrected chi connectivity index (χ3v) is 6.79. The van der Waals surface area contributed by atoms with Gasteiger partial charge in [0.05, 0.1) is 18.2 Å². The van der Waals surface area contributed by atoms with Crippen LogP contribution in [0.4, 0.5) is 5.13 Å². The van der Waals surface area contributed by atoms with Crippen LogP contribution >= 0.6 is 11.3 Å². The lowest BCUT2D eigenvalue weighted by Gasteiger charge is -2.24. The summed E-state index contributed by atoms with van der Waals surface area (Å²) in [5.74, 6) is 0.322. The van der Waals surface area contributed by atoms with E-state index in [0.717, 1.165) is 6.42 Å². The third-order valence-electron chi connectivity index (χ3n) is 6.02. The fourth-order valence-electron chi connectivity index (χ4n) is 4.21. The molecule has 36 heavy (non-hydrogen) atoms. The van der Waals surface area contributed by atoms with E-state index in [1.165, 1.54) is 16.2 Å². The van der Waals surface area contributed by atoms with Crippen molar-refractivity contribution in [3.8, 4) is 17.2 Å². The molecule has 9 heteroatoms. The quantitative estimate of drug-likeness (QED) is 0.275. The highest BCUT2D eigenvalue weighted by Gasteiger charge is 2.48. The number of anilines is 1. The molecule has 0 spiro atoms. The van der Waals surface area contributed by atoms with E-state index in [4.69, 9.17) is 14.2 Å². The van der Waals surface area contributed by atoms with Crippen LogP contribution in [0.15, 0.2) is 59.6 Å². The predicted octanol–water partition coefficient (Wildman–Crippen LogP) is 4.97. The Hall–Kier alpha value is -3.85. The van der Waals surface area contributed by atoms with Crippen molar-refractivity contribution in [3.63, 3.8) is 0 Å². The van der Waals surface area contributed by atoms with Crippen molar-refractivity contribution < 1.29 is 28.9 Å². The lowest BCUT2D eigenvalue weighted by molar-refractivity contribution is -0.132. The molecular formula is C27H26N2O6S. The number of hydrogen-bond donors (Lipinski definition) is 1. The normalized spacial score (nSPS) is 18.6. The Labute approximate surface area is 212 Å². The Balaban J connectivity index is 1.60. The maximum atomic E-state index is 13.3. The van der Waals surface area contributed by atoms with Gasteiger partial charge in [0.2, 0.25) is 0 Å². The van der Waals surface area contributed by atoms with E-state index in [0.29, 0.717) is 59.2 Å². The number of ether oxygens (including phenoxy) is 3. The molecule has 0 bridgehead atoms. The smallest absolute Gasteiger partial charge is 0.301 e. The Morgan fingerprint density at radius 2 is 1.97 bits per heavy atom. The molecule has 0 saturated carbocycles. The predicted molar refractivity (Wildman–Crippen MR) is 136 cm³/mol. The maximum absolute atomic E-state index is 13.3. The molecular weight excluding hydrogens is 480 g/mol. The first-order chi connectivity index (χ1) is 17.4. The number of hydrogen-bond acceptors (Lipinski definition) is 8. The average molecular weight is 507 g/mol. The number of Topliss-reactive ketones (excluding diaryl/α,β-unsaturated/α-hetero) is 1. The van der Waals surface area contributed by atoms with Gasteiger partial charge in [0.15, 0.2) is 16.6 Å². The molecule has 1 fully saturated rings. The zero-order valence-electron chi connectivity index (χ0n) is 20.0. The van der Waals surface area contributed by atoms with Gasteiger partial charge < -0.3 is 19.3 Å². The molecule has 5 rings (SSSR count). The summed E-state index contributed by atoms with van der Waals surface area (Å²) in [6, 6.07) is 11.3. The molecule has 3 aromatic rings. The Morgan fingerprint density at radius 1 is 1.17 bits per heavy atom. The Bertz CT molecular complexity index is 1320. The number of thiazole rings is 1. The number of carbonyl (C=O) groups is 2. The van der Waals surface area contributed by atoms with Gasteiger partial charge in [-0.15, -0.1) is 11.3 Å². The lowest BCUT2D eigenvalue weighted by Crippen LogP contribution is -2.29. The van der Waals surface area contributed by atoms with E-state index in [9.17, 15) is 14.7 Å². The molecule has 1 saturated heterocycles. The van der Waals surface area contributed by atoms with Gasteiger partial charge in [-0.25, -0.2) is 4.98 Å². The first kappa shape index (κ1) is 23.9. The second-order valence-electron chi connectivity index (χ2n) is 8.95. The van der Waals surface area contributed by atoms with Crippen molar-refractivity contribution in [1.82, 2.24) is 4.98 Å². The van der Waals surface area contributed by atoms with E-state index in [1.807, 2.05) is 18.2 Å². The van der Waals surface area contributed by atoms with E-state index in [2.05, 4.69) is 18.8 Å². The van der Waals surface area contributed by atoms with Crippen molar-refractivity contribution in [3.05, 3.63) is 70.7 Å². The van der Waals surface area contributed by atoms with Gasteiger partial charge in [-0.1, -0.05) is 26.0 Å². The van der Waals surface area contributed by atoms with Crippen LogP contribution in [-0.4, -0.2) is 41.6 Å². The number of ketones is 1. The molecule has 0 radical (unpaired) electrons. The molecule has 2 aromatic carbocycles. The fraction of sp³-hybridized carbons (Fsp3) is 0.296. The van der Waals surface area contributed by atoms with E-state index >= 15 is 0 Å². The SMILES string of the molecule is CC(C)CCOc1cccc([C@@H]2C(=C(O)c3ccc4c(c3)OCCO4)C(=O)C(=O)N2c2nccs2)c1. The Morgan fingerprint density at radius 3 is 2.72 bits per heavy atom. The monoisotopic (exact) mass is 506 g/mol. The summed E-state index contributed by atoms with van der Waals surface area (Å²) in [5.41, 5.74) is 0.961. The summed E-state index contributed by atoms with van der Waals surface area (Å²) in [6.45, 7) is 5.62. The maximum Gasteiger partial charge on any atom is 0.301 e. The molecule has 1 aromatic heterocycles. The number of aliphatic hydroxyl groups excluding tert-OH is 1. The van der Waals surface area contributed by atoms with Crippen LogP contribution in [0.25, 0.3) is 5.76 Å². The van der Waals surface area contributed by atoms with E-state index in [-0.39, 0.29) is 11.3 Å². The van der Waals surface area contributed by atoms with Crippen molar-refractivity contribution in [2.45, 2.75) is 26.3 Å². The van der Waals surface area contributed by atoms with Gasteiger partial charge in [-0.3, -0.25) is 14.5 Å². The molecule has 3 heterocycles. The van der Waals surface area contributed by atoms with Crippen LogP contribution < -0.4 is 19.1 Å². The highest BCUT2D eigenvalue weighted by atomic mass is 32.1. The van der Waals surface area contributed by atoms with Crippen LogP contribution in [0.2, 0.25) is 0 Å². The van der Waals surface area contributed by atoms with Gasteiger partial charge in [0, 0.05) is 17.1 Å². The molecule has 0 aliphatic carbocycles. The summed E-state index contributed by atoms with van der Waals surface area (Å²) in [7, 11) is 0. The summed E-state index contributed by atoms with van der Waals surface area (Å²) >= 11 is 1.24. The second kappa shape index (κ2) is 10.0. The number of rotatable bonds is 7. The van der Waals surface area contributed by atoms with Crippen LogP contribution in [0, 0.1) is 5.92 Å². The van der Waals surface area contributed by atoms with Crippen molar-refractivity contribution >= 4 is 33.9 Å². The first-order valence-electron chi connectivity index (χ1n) is 11.8. The molecule has 1 amide bonds. The number of aliphatic hydroxyl groups is 1. The topological polar surface area (TPSA) is 98.2 Å². The highest BCUT2D eigenvalue weighted by Crippen LogP contribution is 2.44. The molecule has 0 unspecified atom stereocenters. The summed E-state index contributed by atoms with van der Waals surface area (Å²) in [5, 5.41) is 13.5. The zero-order valence-corrected chi connectivity index (χ0v) is 20.8. The van der Waals surface area contributed by atoms with Gasteiger partial charge in [0.25, 0.3) is 5.78 Å². The second-order valence-corrected chi connectivity index (χ2v) is 9.82. The minimum absolute atomic E-state index is 0.0220. The van der Waals surface area contributed by atoms with Gasteiger partial charge in [0.1, 0.15) is 24.7 Å². The van der Waals surface area contributed by atoms with Crippen molar-refractivity contribution in [1.29, 1.82) is 0 Å². The van der Waals surface area contributed by atoms with Crippen LogP contribution in [0.3, 0.4) is 0 Å². The summed E-state index contributed by atoms with van der Waals surface area (Å²) < 4.78 is 17.1. The molecule has 2 aliphatic heterocycles. The molecule has 186 valence electrons. The number of fused-ring (bicyclic) bond motifs is 1. The first-order valence-corrected chi connectivity index (χ1v) is 12.6. The highest BCUT2D eigenvalue weighted by molar-refractivity contribution is 7.14. The van der Waals surface area contributed by atoms with E-state index < -0.39 is 17.7 Å². The standard InChI is InChI=1S/C27H26N2O6S/c1-16(2)8-10-33-19-5-3-4-17(14-19)23-22(25(31)26(32)29(23)27-28-9-13-36-27)24(30)18-6-7-20-21(15-18)35-12-11-34-20/h3-7,9,13-16,23,30H,8,10-12H2,1-2H3/t23-/m1/s1. The zero-order chi connectivity index (χ0) is 25.2. The van der Waals surface area contributed by atoms with Crippen molar-refractivity contribution in [2.24, 2.45) is 5.92 Å². The van der Waals surface area contributed by atoms with Crippen LogP contribution in [0.1, 0.15) is 37.4 Å². The van der Waals surface area contributed by atoms with Gasteiger partial charge in [-0.2, -0.15) is 0 Å². The average Bonchev–Trinajstić information content (AvgIpc) is 3.50. The third kappa shape index (κ3) is 4.54. The molecule has 2 aliphatic rings. The number of benzene rings is 2. The van der Waals surface area contributed by atoms with Crippen LogP contribution in [-0.2, 0) is 9.59 Å². The summed E-state index contributed by atoms with van der Waals surface area (Å²) in [4.78, 5) is 32.1. The molecule has 8 nitrogen and oxygen atoms in total. The van der Waals surface area contributed by atoms with Crippen molar-refractivity contribution in [2.75, 3.05) is 24.7 Å². The Kier molecular flexibility index (Phi) is 6.65. The number of amides is 1. The fourth-order valence-corrected chi connectivity index (χ4v) is 4.88. The van der Waals surface area contributed by atoms with E-state index in [1.54, 1.807) is 35.8 Å². The largest absolute Gasteiger partial charge is 0.507 e.